The summed E-state index contributed by atoms with van der Waals surface area (Å²) in [5.41, 5.74) is -1.07. The summed E-state index contributed by atoms with van der Waals surface area (Å²) in [6.07, 6.45) is -1.40. The predicted molar refractivity (Wildman–Crippen MR) is 52.5 cm³/mol. The van der Waals surface area contributed by atoms with Gasteiger partial charge in [0.05, 0.1) is 5.60 Å². The van der Waals surface area contributed by atoms with Crippen LogP contribution >= 0.6 is 0 Å². The van der Waals surface area contributed by atoms with Gasteiger partial charge in [-0.25, -0.2) is 0 Å². The second-order valence-electron chi connectivity index (χ2n) is 4.88. The number of halogens is 3. The molecule has 1 nitrogen and oxygen atoms in total. The van der Waals surface area contributed by atoms with Crippen LogP contribution in [0.15, 0.2) is 0 Å². The first-order valence-electron chi connectivity index (χ1n) is 5.60. The fourth-order valence-corrected chi connectivity index (χ4v) is 2.19. The lowest BCUT2D eigenvalue weighted by Crippen LogP contribution is -2.29. The van der Waals surface area contributed by atoms with Crippen LogP contribution in [0.5, 0.6) is 0 Å². The van der Waals surface area contributed by atoms with Crippen molar-refractivity contribution in [3.05, 3.63) is 0 Å². The van der Waals surface area contributed by atoms with Gasteiger partial charge in [-0.3, -0.25) is 0 Å². The molecule has 4 heteroatoms. The fourth-order valence-electron chi connectivity index (χ4n) is 2.19. The molecule has 1 aliphatic rings. The fraction of sp³-hybridized carbons (Fsp3) is 1.00. The van der Waals surface area contributed by atoms with Gasteiger partial charge in [0.15, 0.2) is 0 Å². The minimum atomic E-state index is -4.15. The first kappa shape index (κ1) is 12.8. The summed E-state index contributed by atoms with van der Waals surface area (Å²) in [4.78, 5) is 0. The average Bonchev–Trinajstić information content (AvgIpc) is 2.26. The molecular weight excluding hydrogens is 205 g/mol. The molecule has 0 aliphatic heterocycles. The molecular formula is C11H19F3O. The second-order valence-corrected chi connectivity index (χ2v) is 4.88. The highest BCUT2D eigenvalue weighted by atomic mass is 19.4. The molecule has 1 fully saturated rings. The molecule has 1 aliphatic carbocycles. The van der Waals surface area contributed by atoms with Crippen molar-refractivity contribution in [3.63, 3.8) is 0 Å². The smallest absolute Gasteiger partial charge is 0.389 e. The van der Waals surface area contributed by atoms with E-state index in [1.807, 2.05) is 0 Å². The highest BCUT2D eigenvalue weighted by Crippen LogP contribution is 2.36. The molecule has 0 radical (unpaired) electrons. The Kier molecular flexibility index (Phi) is 4.04. The highest BCUT2D eigenvalue weighted by molar-refractivity contribution is 4.83. The Morgan fingerprint density at radius 3 is 2.53 bits per heavy atom. The third-order valence-electron chi connectivity index (χ3n) is 3.32. The van der Waals surface area contributed by atoms with Crippen molar-refractivity contribution in [1.29, 1.82) is 0 Å². The standard InChI is InChI=1S/C11H19F3O/c1-9-3-2-5-10(15,6-4-9)7-8-11(12,13)14/h9,15H,2-8H2,1H3. The van der Waals surface area contributed by atoms with Crippen molar-refractivity contribution in [1.82, 2.24) is 0 Å². The second kappa shape index (κ2) is 4.73. The van der Waals surface area contributed by atoms with Gasteiger partial charge in [0.1, 0.15) is 0 Å². The monoisotopic (exact) mass is 224 g/mol. The van der Waals surface area contributed by atoms with E-state index in [9.17, 15) is 18.3 Å². The van der Waals surface area contributed by atoms with E-state index in [2.05, 4.69) is 6.92 Å². The van der Waals surface area contributed by atoms with Crippen molar-refractivity contribution >= 4 is 0 Å². The van der Waals surface area contributed by atoms with Crippen molar-refractivity contribution in [3.8, 4) is 0 Å². The van der Waals surface area contributed by atoms with E-state index in [1.54, 1.807) is 0 Å². The van der Waals surface area contributed by atoms with Gasteiger partial charge in [-0.15, -0.1) is 0 Å². The van der Waals surface area contributed by atoms with E-state index in [4.69, 9.17) is 0 Å². The SMILES string of the molecule is CC1CCCC(O)(CCC(F)(F)F)CC1. The van der Waals surface area contributed by atoms with E-state index in [0.29, 0.717) is 18.8 Å². The van der Waals surface area contributed by atoms with Crippen molar-refractivity contribution < 1.29 is 18.3 Å². The summed E-state index contributed by atoms with van der Waals surface area (Å²) in [7, 11) is 0. The Balaban J connectivity index is 2.43. The highest BCUT2D eigenvalue weighted by Gasteiger charge is 2.35. The van der Waals surface area contributed by atoms with Crippen LogP contribution in [-0.4, -0.2) is 16.9 Å². The lowest BCUT2D eigenvalue weighted by Gasteiger charge is -2.27. The normalized spacial score (nSPS) is 33.8. The average molecular weight is 224 g/mol. The minimum Gasteiger partial charge on any atom is -0.390 e. The van der Waals surface area contributed by atoms with Crippen LogP contribution in [0, 0.1) is 5.92 Å². The summed E-state index contributed by atoms with van der Waals surface area (Å²) < 4.78 is 36.1. The van der Waals surface area contributed by atoms with Gasteiger partial charge < -0.3 is 5.11 Å². The summed E-state index contributed by atoms with van der Waals surface area (Å²) in [5, 5.41) is 10.0. The van der Waals surface area contributed by atoms with Crippen LogP contribution in [0.4, 0.5) is 13.2 Å². The van der Waals surface area contributed by atoms with Gasteiger partial charge in [0.2, 0.25) is 0 Å². The molecule has 1 N–H and O–H groups in total. The Bertz CT molecular complexity index is 202. The van der Waals surface area contributed by atoms with Gasteiger partial charge in [0, 0.05) is 6.42 Å². The van der Waals surface area contributed by atoms with Gasteiger partial charge >= 0.3 is 6.18 Å². The molecule has 15 heavy (non-hydrogen) atoms. The molecule has 0 aromatic rings. The Morgan fingerprint density at radius 2 is 1.93 bits per heavy atom. The predicted octanol–water partition coefficient (Wildman–Crippen LogP) is 3.66. The molecule has 1 rings (SSSR count). The lowest BCUT2D eigenvalue weighted by molar-refractivity contribution is -0.147. The zero-order valence-electron chi connectivity index (χ0n) is 9.11. The molecule has 0 saturated heterocycles. The van der Waals surface area contributed by atoms with Crippen LogP contribution < -0.4 is 0 Å². The van der Waals surface area contributed by atoms with Crippen molar-refractivity contribution in [2.75, 3.05) is 0 Å². The summed E-state index contributed by atoms with van der Waals surface area (Å²) in [6.45, 7) is 2.09. The van der Waals surface area contributed by atoms with Gasteiger partial charge in [-0.05, 0) is 31.6 Å². The number of hydrogen-bond acceptors (Lipinski definition) is 1. The van der Waals surface area contributed by atoms with Crippen molar-refractivity contribution in [2.45, 2.75) is 63.6 Å². The first-order valence-corrected chi connectivity index (χ1v) is 5.60. The Hall–Kier alpha value is -0.250. The van der Waals surface area contributed by atoms with Gasteiger partial charge in [0.25, 0.3) is 0 Å². The molecule has 0 aromatic carbocycles. The van der Waals surface area contributed by atoms with E-state index in [1.165, 1.54) is 0 Å². The Labute approximate surface area is 88.7 Å². The maximum absolute atomic E-state index is 12.0. The van der Waals surface area contributed by atoms with Crippen molar-refractivity contribution in [2.24, 2.45) is 5.92 Å². The van der Waals surface area contributed by atoms with E-state index >= 15 is 0 Å². The molecule has 2 atom stereocenters. The largest absolute Gasteiger partial charge is 0.390 e. The minimum absolute atomic E-state index is 0.136. The van der Waals surface area contributed by atoms with E-state index in [-0.39, 0.29) is 6.42 Å². The van der Waals surface area contributed by atoms with Gasteiger partial charge in [-0.1, -0.05) is 19.8 Å². The molecule has 0 bridgehead atoms. The van der Waals surface area contributed by atoms with Crippen LogP contribution in [0.2, 0.25) is 0 Å². The molecule has 0 aromatic heterocycles. The number of rotatable bonds is 2. The molecule has 0 heterocycles. The summed E-state index contributed by atoms with van der Waals surface area (Å²) >= 11 is 0. The van der Waals surface area contributed by atoms with Crippen LogP contribution in [0.1, 0.15) is 51.9 Å². The third-order valence-corrected chi connectivity index (χ3v) is 3.32. The van der Waals surface area contributed by atoms with Gasteiger partial charge in [-0.2, -0.15) is 13.2 Å². The number of aliphatic hydroxyl groups is 1. The molecule has 0 amide bonds. The van der Waals surface area contributed by atoms with E-state index < -0.39 is 18.2 Å². The topological polar surface area (TPSA) is 20.2 Å². The molecule has 2 unspecified atom stereocenters. The van der Waals surface area contributed by atoms with Crippen LogP contribution in [0.3, 0.4) is 0 Å². The number of hydrogen-bond donors (Lipinski definition) is 1. The molecule has 0 spiro atoms. The number of alkyl halides is 3. The van der Waals surface area contributed by atoms with Crippen LogP contribution in [-0.2, 0) is 0 Å². The van der Waals surface area contributed by atoms with E-state index in [0.717, 1.165) is 19.3 Å². The maximum Gasteiger partial charge on any atom is 0.389 e. The third kappa shape index (κ3) is 4.87. The zero-order valence-corrected chi connectivity index (χ0v) is 9.11. The summed E-state index contributed by atoms with van der Waals surface area (Å²) in [6, 6.07) is 0. The first-order chi connectivity index (χ1) is 6.81. The Morgan fingerprint density at radius 1 is 1.27 bits per heavy atom. The summed E-state index contributed by atoms with van der Waals surface area (Å²) in [5.74, 6) is 0.532. The maximum atomic E-state index is 12.0. The molecule has 1 saturated carbocycles. The quantitative estimate of drug-likeness (QED) is 0.710. The lowest BCUT2D eigenvalue weighted by atomic mass is 9.89. The van der Waals surface area contributed by atoms with Crippen LogP contribution in [0.25, 0.3) is 0 Å². The molecule has 90 valence electrons. The zero-order chi connectivity index (χ0) is 11.5.